The lowest BCUT2D eigenvalue weighted by atomic mass is 9.85. The zero-order valence-corrected chi connectivity index (χ0v) is 16.6. The maximum absolute atomic E-state index is 14.8. The van der Waals surface area contributed by atoms with Crippen molar-refractivity contribution in [3.63, 3.8) is 0 Å². The molecule has 0 spiro atoms. The summed E-state index contributed by atoms with van der Waals surface area (Å²) in [6.45, 7) is 6.92. The van der Waals surface area contributed by atoms with E-state index in [0.29, 0.717) is 4.47 Å². The number of aromatic nitrogens is 2. The lowest BCUT2D eigenvalue weighted by molar-refractivity contribution is 0.0108. The molecule has 2 rings (SSSR count). The first kappa shape index (κ1) is 19.9. The number of hydrogen-bond donors (Lipinski definition) is 1. The fraction of sp³-hybridized carbons (Fsp3) is 0.389. The molecule has 6 nitrogen and oxygen atoms in total. The molecule has 1 aromatic heterocycles. The van der Waals surface area contributed by atoms with Crippen LogP contribution in [0.1, 0.15) is 39.1 Å². The second kappa shape index (κ2) is 7.08. The van der Waals surface area contributed by atoms with Crippen LogP contribution in [0, 0.1) is 17.1 Å². The summed E-state index contributed by atoms with van der Waals surface area (Å²) < 4.78 is 16.9. The van der Waals surface area contributed by atoms with Gasteiger partial charge in [0, 0.05) is 28.0 Å². The van der Waals surface area contributed by atoms with E-state index in [0.717, 1.165) is 0 Å². The third-order valence-corrected chi connectivity index (χ3v) is 4.65. The quantitative estimate of drug-likeness (QED) is 0.793. The number of hydrogen-bond acceptors (Lipinski definition) is 3. The largest absolute Gasteiger partial charge is 0.465 e. The summed E-state index contributed by atoms with van der Waals surface area (Å²) in [5.41, 5.74) is -1.89. The predicted molar refractivity (Wildman–Crippen MR) is 98.0 cm³/mol. The van der Waals surface area contributed by atoms with Gasteiger partial charge < -0.3 is 9.67 Å². The molecule has 0 fully saturated rings. The highest BCUT2D eigenvalue weighted by Gasteiger charge is 2.45. The van der Waals surface area contributed by atoms with Gasteiger partial charge in [-0.2, -0.15) is 5.26 Å². The maximum atomic E-state index is 14.8. The van der Waals surface area contributed by atoms with Gasteiger partial charge in [-0.15, -0.1) is 0 Å². The molecule has 2 aromatic rings. The van der Waals surface area contributed by atoms with Crippen LogP contribution in [0.4, 0.5) is 9.18 Å². The Balaban J connectivity index is 2.74. The molecule has 0 aliphatic carbocycles. The Bertz CT molecular complexity index is 869. The topological polar surface area (TPSA) is 82.2 Å². The molecule has 0 bridgehead atoms. The van der Waals surface area contributed by atoms with Crippen molar-refractivity contribution in [1.29, 1.82) is 5.26 Å². The van der Waals surface area contributed by atoms with Crippen LogP contribution in [0.25, 0.3) is 0 Å². The monoisotopic (exact) mass is 422 g/mol. The van der Waals surface area contributed by atoms with Gasteiger partial charge in [-0.05, 0) is 45.9 Å². The van der Waals surface area contributed by atoms with Crippen molar-refractivity contribution in [3.05, 3.63) is 52.3 Å². The Morgan fingerprint density at radius 2 is 2.08 bits per heavy atom. The molecule has 1 N–H and O–H groups in total. The van der Waals surface area contributed by atoms with Gasteiger partial charge in [0.25, 0.3) is 0 Å². The van der Waals surface area contributed by atoms with E-state index < -0.39 is 23.0 Å². The van der Waals surface area contributed by atoms with E-state index in [2.05, 4.69) is 20.9 Å². The lowest BCUT2D eigenvalue weighted by Crippen LogP contribution is -2.58. The van der Waals surface area contributed by atoms with E-state index in [1.807, 2.05) is 6.07 Å². The van der Waals surface area contributed by atoms with Crippen LogP contribution >= 0.6 is 15.9 Å². The van der Waals surface area contributed by atoms with Gasteiger partial charge in [0.15, 0.2) is 0 Å². The number of carbonyl (C=O) groups is 1. The number of nitriles is 1. The number of rotatable bonds is 4. The van der Waals surface area contributed by atoms with Crippen molar-refractivity contribution in [2.75, 3.05) is 0 Å². The minimum atomic E-state index is -1.29. The van der Waals surface area contributed by atoms with Crippen molar-refractivity contribution in [1.82, 2.24) is 14.5 Å². The molecule has 0 aliphatic heterocycles. The smallest absolute Gasteiger partial charge is 0.408 e. The summed E-state index contributed by atoms with van der Waals surface area (Å²) in [6.07, 6.45) is 1.85. The average molecular weight is 423 g/mol. The fourth-order valence-corrected chi connectivity index (χ4v) is 3.67. The van der Waals surface area contributed by atoms with Gasteiger partial charge in [-0.3, -0.25) is 4.90 Å². The van der Waals surface area contributed by atoms with E-state index in [9.17, 15) is 19.6 Å². The Labute approximate surface area is 160 Å². The molecule has 1 aromatic carbocycles. The summed E-state index contributed by atoms with van der Waals surface area (Å²) >= 11 is 3.33. The summed E-state index contributed by atoms with van der Waals surface area (Å²) in [4.78, 5) is 17.3. The predicted octanol–water partition coefficient (Wildman–Crippen LogP) is 4.35. The first-order valence-corrected chi connectivity index (χ1v) is 8.70. The molecule has 8 heteroatoms. The van der Waals surface area contributed by atoms with E-state index >= 15 is 0 Å². The zero-order valence-electron chi connectivity index (χ0n) is 15.0. The van der Waals surface area contributed by atoms with Crippen LogP contribution in [0.15, 0.2) is 35.1 Å². The fourth-order valence-electron chi connectivity index (χ4n) is 3.31. The van der Waals surface area contributed by atoms with Crippen LogP contribution in [0.3, 0.4) is 0 Å². The highest BCUT2D eigenvalue weighted by Crippen LogP contribution is 2.38. The minimum absolute atomic E-state index is 0.0346. The van der Waals surface area contributed by atoms with Gasteiger partial charge in [0.05, 0.1) is 12.1 Å². The molecular formula is C18H20BrFN4O2. The first-order chi connectivity index (χ1) is 12.0. The van der Waals surface area contributed by atoms with Crippen molar-refractivity contribution >= 4 is 22.0 Å². The molecule has 1 heterocycles. The van der Waals surface area contributed by atoms with Gasteiger partial charge >= 0.3 is 6.09 Å². The summed E-state index contributed by atoms with van der Waals surface area (Å²) in [7, 11) is 0. The SMILES string of the molecule is CC(C)(C)N(C(=O)O)[C@@](C)(Cn1ccnc1C#N)c1cc(Br)ccc1F. The third kappa shape index (κ3) is 3.73. The van der Waals surface area contributed by atoms with Crippen LogP contribution in [-0.4, -0.2) is 31.2 Å². The highest BCUT2D eigenvalue weighted by molar-refractivity contribution is 9.10. The van der Waals surface area contributed by atoms with Crippen molar-refractivity contribution in [3.8, 4) is 6.07 Å². The van der Waals surface area contributed by atoms with Crippen LogP contribution in [0.2, 0.25) is 0 Å². The van der Waals surface area contributed by atoms with Crippen molar-refractivity contribution in [2.45, 2.75) is 45.3 Å². The summed E-state index contributed by atoms with van der Waals surface area (Å²) in [5.74, 6) is -0.393. The minimum Gasteiger partial charge on any atom is -0.465 e. The van der Waals surface area contributed by atoms with E-state index in [4.69, 9.17) is 0 Å². The third-order valence-electron chi connectivity index (χ3n) is 4.16. The van der Waals surface area contributed by atoms with Gasteiger partial charge in [-0.1, -0.05) is 15.9 Å². The molecule has 138 valence electrons. The average Bonchev–Trinajstić information content (AvgIpc) is 2.94. The van der Waals surface area contributed by atoms with E-state index in [1.165, 1.54) is 21.7 Å². The molecule has 0 saturated carbocycles. The molecule has 0 unspecified atom stereocenters. The van der Waals surface area contributed by atoms with E-state index in [1.54, 1.807) is 46.0 Å². The van der Waals surface area contributed by atoms with Gasteiger partial charge in [0.2, 0.25) is 5.82 Å². The molecule has 1 atom stereocenters. The standard InChI is InChI=1S/C18H20BrFN4O2/c1-17(2,3)24(16(25)26)18(4,11-23-8-7-22-15(23)10-21)13-9-12(19)5-6-14(13)20/h5-9H,11H2,1-4H3,(H,25,26)/t18-/m0/s1. The highest BCUT2D eigenvalue weighted by atomic mass is 79.9. The Morgan fingerprint density at radius 1 is 1.42 bits per heavy atom. The zero-order chi connectivity index (χ0) is 19.7. The van der Waals surface area contributed by atoms with E-state index in [-0.39, 0.29) is 17.9 Å². The summed E-state index contributed by atoms with van der Waals surface area (Å²) in [6, 6.07) is 6.38. The van der Waals surface area contributed by atoms with Gasteiger partial charge in [-0.25, -0.2) is 14.2 Å². The van der Waals surface area contributed by atoms with Gasteiger partial charge in [0.1, 0.15) is 11.9 Å². The second-order valence-electron chi connectivity index (χ2n) is 7.18. The molecule has 26 heavy (non-hydrogen) atoms. The number of nitrogens with zero attached hydrogens (tertiary/aromatic N) is 4. The number of benzene rings is 1. The molecule has 1 amide bonds. The normalized spacial score (nSPS) is 13.7. The number of carboxylic acid groups (broad SMARTS) is 1. The number of imidazole rings is 1. The molecule has 0 radical (unpaired) electrons. The van der Waals surface area contributed by atoms with Crippen LogP contribution < -0.4 is 0 Å². The molecule has 0 aliphatic rings. The Hall–Kier alpha value is -2.40. The number of amides is 1. The van der Waals surface area contributed by atoms with Crippen LogP contribution in [-0.2, 0) is 12.1 Å². The molecule has 0 saturated heterocycles. The molecular weight excluding hydrogens is 403 g/mol. The Kier molecular flexibility index (Phi) is 5.42. The maximum Gasteiger partial charge on any atom is 0.408 e. The summed E-state index contributed by atoms with van der Waals surface area (Å²) in [5, 5.41) is 19.2. The first-order valence-electron chi connectivity index (χ1n) is 7.90. The lowest BCUT2D eigenvalue weighted by Gasteiger charge is -2.47. The van der Waals surface area contributed by atoms with Crippen molar-refractivity contribution in [2.24, 2.45) is 0 Å². The van der Waals surface area contributed by atoms with Crippen LogP contribution in [0.5, 0.6) is 0 Å². The Morgan fingerprint density at radius 3 is 2.62 bits per heavy atom. The number of halogens is 2. The van der Waals surface area contributed by atoms with Crippen molar-refractivity contribution < 1.29 is 14.3 Å². The second-order valence-corrected chi connectivity index (χ2v) is 8.09.